The second kappa shape index (κ2) is 12.0. The van der Waals surface area contributed by atoms with Gasteiger partial charge in [-0.3, -0.25) is 9.36 Å². The van der Waals surface area contributed by atoms with Gasteiger partial charge in [-0.2, -0.15) is 0 Å². The molecule has 6 rings (SSSR count). The Morgan fingerprint density at radius 1 is 1.07 bits per heavy atom. The quantitative estimate of drug-likeness (QED) is 0.232. The highest BCUT2D eigenvalue weighted by Gasteiger charge is 2.35. The molecule has 1 atom stereocenters. The van der Waals surface area contributed by atoms with Crippen LogP contribution in [0.5, 0.6) is 11.5 Å². The number of para-hydroxylation sites is 1. The topological polar surface area (TPSA) is 84.1 Å². The summed E-state index contributed by atoms with van der Waals surface area (Å²) >= 11 is 1.26. The first-order chi connectivity index (χ1) is 21.3. The van der Waals surface area contributed by atoms with Crippen LogP contribution in [0, 0.1) is 5.82 Å². The number of hydrogen-bond donors (Lipinski definition) is 0. The molecule has 3 aromatic carbocycles. The van der Waals surface area contributed by atoms with E-state index in [1.807, 2.05) is 36.5 Å². The van der Waals surface area contributed by atoms with E-state index < -0.39 is 12.0 Å². The molecule has 0 unspecified atom stereocenters. The zero-order valence-corrected chi connectivity index (χ0v) is 25.5. The van der Waals surface area contributed by atoms with Gasteiger partial charge in [0.2, 0.25) is 0 Å². The molecule has 0 bridgehead atoms. The van der Waals surface area contributed by atoms with Gasteiger partial charge in [0.1, 0.15) is 23.4 Å². The molecule has 224 valence electrons. The Bertz CT molecular complexity index is 2110. The van der Waals surface area contributed by atoms with Crippen molar-refractivity contribution < 1.29 is 23.4 Å². The van der Waals surface area contributed by atoms with Crippen LogP contribution in [-0.4, -0.2) is 35.9 Å². The number of halogens is 1. The molecular weight excluding hydrogens is 581 g/mol. The normalized spacial score (nSPS) is 14.8. The van der Waals surface area contributed by atoms with Crippen LogP contribution in [-0.2, 0) is 16.1 Å². The third kappa shape index (κ3) is 5.22. The summed E-state index contributed by atoms with van der Waals surface area (Å²) in [6, 6.07) is 18.8. The van der Waals surface area contributed by atoms with Crippen molar-refractivity contribution in [2.75, 3.05) is 20.8 Å². The standard InChI is InChI=1S/C34H30FN3O5S/c1-5-43-33(40)30-20(2)36-34-38(31(30)26-15-14-24(41-3)17-28(26)42-4)32(39)29(44-34)16-22-19-37(27-9-7-6-8-25(22)27)18-21-10-12-23(35)13-11-21/h6-17,19,31H,5,18H2,1-4H3/b29-16+/t31-/m0/s1. The molecule has 3 heterocycles. The highest BCUT2D eigenvalue weighted by Crippen LogP contribution is 2.37. The third-order valence-electron chi connectivity index (χ3n) is 7.62. The molecule has 0 saturated carbocycles. The van der Waals surface area contributed by atoms with Crippen LogP contribution in [0.25, 0.3) is 17.0 Å². The second-order valence-electron chi connectivity index (χ2n) is 10.3. The van der Waals surface area contributed by atoms with E-state index in [0.29, 0.717) is 38.6 Å². The number of rotatable bonds is 8. The smallest absolute Gasteiger partial charge is 0.338 e. The van der Waals surface area contributed by atoms with E-state index in [9.17, 15) is 14.0 Å². The number of ether oxygens (including phenoxy) is 3. The first-order valence-electron chi connectivity index (χ1n) is 14.1. The SMILES string of the molecule is CCOC(=O)C1=C(C)N=c2s/c(=C/c3cn(Cc4ccc(F)cc4)c4ccccc34)c(=O)n2[C@H]1c1ccc(OC)cc1OC. The third-order valence-corrected chi connectivity index (χ3v) is 8.61. The first kappa shape index (κ1) is 29.1. The Balaban J connectivity index is 1.53. The number of allylic oxidation sites excluding steroid dienone is 1. The van der Waals surface area contributed by atoms with Crippen LogP contribution in [0.4, 0.5) is 4.39 Å². The number of carbonyl (C=O) groups is 1. The maximum atomic E-state index is 14.2. The maximum Gasteiger partial charge on any atom is 0.338 e. The lowest BCUT2D eigenvalue weighted by Gasteiger charge is -2.26. The lowest BCUT2D eigenvalue weighted by molar-refractivity contribution is -0.139. The lowest BCUT2D eigenvalue weighted by atomic mass is 9.95. The zero-order chi connectivity index (χ0) is 31.0. The Hall–Kier alpha value is -4.96. The van der Waals surface area contributed by atoms with E-state index >= 15 is 0 Å². The Morgan fingerprint density at radius 3 is 2.57 bits per heavy atom. The van der Waals surface area contributed by atoms with Crippen molar-refractivity contribution in [3.63, 3.8) is 0 Å². The Labute approximate surface area is 256 Å². The molecule has 1 aliphatic heterocycles. The minimum atomic E-state index is -0.826. The van der Waals surface area contributed by atoms with Crippen molar-refractivity contribution in [2.24, 2.45) is 4.99 Å². The summed E-state index contributed by atoms with van der Waals surface area (Å²) in [5.74, 6) is 0.210. The summed E-state index contributed by atoms with van der Waals surface area (Å²) < 4.78 is 34.1. The molecule has 8 nitrogen and oxygen atoms in total. The van der Waals surface area contributed by atoms with Gasteiger partial charge in [-0.1, -0.05) is 41.7 Å². The molecule has 0 aliphatic carbocycles. The number of benzene rings is 3. The number of thiazole rings is 1. The zero-order valence-electron chi connectivity index (χ0n) is 24.7. The minimum absolute atomic E-state index is 0.175. The molecule has 0 saturated heterocycles. The average Bonchev–Trinajstić information content (AvgIpc) is 3.53. The van der Waals surface area contributed by atoms with Gasteiger partial charge >= 0.3 is 5.97 Å². The van der Waals surface area contributed by atoms with Crippen LogP contribution >= 0.6 is 11.3 Å². The molecular formula is C34H30FN3O5S. The van der Waals surface area contributed by atoms with Crippen molar-refractivity contribution in [3.8, 4) is 11.5 Å². The summed E-state index contributed by atoms with van der Waals surface area (Å²) in [5, 5.41) is 0.970. The molecule has 0 amide bonds. The predicted octanol–water partition coefficient (Wildman–Crippen LogP) is 4.96. The van der Waals surface area contributed by atoms with Crippen LogP contribution < -0.4 is 24.4 Å². The van der Waals surface area contributed by atoms with E-state index in [4.69, 9.17) is 14.2 Å². The largest absolute Gasteiger partial charge is 0.497 e. The number of nitrogens with zero attached hydrogens (tertiary/aromatic N) is 3. The van der Waals surface area contributed by atoms with Gasteiger partial charge in [-0.15, -0.1) is 0 Å². The van der Waals surface area contributed by atoms with E-state index in [-0.39, 0.29) is 23.6 Å². The summed E-state index contributed by atoms with van der Waals surface area (Å²) in [4.78, 5) is 32.7. The van der Waals surface area contributed by atoms with Gasteiger partial charge in [0.25, 0.3) is 5.56 Å². The highest BCUT2D eigenvalue weighted by molar-refractivity contribution is 7.07. The number of methoxy groups -OCH3 is 2. The molecule has 0 spiro atoms. The monoisotopic (exact) mass is 611 g/mol. The summed E-state index contributed by atoms with van der Waals surface area (Å²) in [6.45, 7) is 4.19. The lowest BCUT2D eigenvalue weighted by Crippen LogP contribution is -2.40. The maximum absolute atomic E-state index is 14.2. The van der Waals surface area contributed by atoms with Gasteiger partial charge < -0.3 is 18.8 Å². The van der Waals surface area contributed by atoms with E-state index in [2.05, 4.69) is 9.56 Å². The van der Waals surface area contributed by atoms with Crippen molar-refractivity contribution in [1.29, 1.82) is 0 Å². The van der Waals surface area contributed by atoms with Crippen LogP contribution in [0.1, 0.15) is 36.6 Å². The van der Waals surface area contributed by atoms with Crippen molar-refractivity contribution in [1.82, 2.24) is 9.13 Å². The molecule has 0 fully saturated rings. The number of esters is 1. The number of carbonyl (C=O) groups excluding carboxylic acids is 1. The van der Waals surface area contributed by atoms with E-state index in [1.165, 1.54) is 35.1 Å². The second-order valence-corrected chi connectivity index (χ2v) is 11.3. The van der Waals surface area contributed by atoms with Crippen molar-refractivity contribution >= 4 is 34.3 Å². The van der Waals surface area contributed by atoms with E-state index in [1.54, 1.807) is 51.3 Å². The first-order valence-corrected chi connectivity index (χ1v) is 14.9. The molecule has 5 aromatic rings. The molecule has 44 heavy (non-hydrogen) atoms. The molecule has 0 N–H and O–H groups in total. The summed E-state index contributed by atoms with van der Waals surface area (Å²) in [5.41, 5.74) is 3.84. The Morgan fingerprint density at radius 2 is 1.84 bits per heavy atom. The van der Waals surface area contributed by atoms with Gasteiger partial charge in [0.05, 0.1) is 36.6 Å². The fraction of sp³-hybridized carbons (Fsp3) is 0.206. The van der Waals surface area contributed by atoms with E-state index in [0.717, 1.165) is 22.0 Å². The summed E-state index contributed by atoms with van der Waals surface area (Å²) in [7, 11) is 3.09. The van der Waals surface area contributed by atoms with Crippen LogP contribution in [0.15, 0.2) is 94.0 Å². The van der Waals surface area contributed by atoms with Gasteiger partial charge in [0, 0.05) is 40.8 Å². The number of fused-ring (bicyclic) bond motifs is 2. The predicted molar refractivity (Wildman–Crippen MR) is 167 cm³/mol. The molecule has 2 aromatic heterocycles. The Kier molecular flexibility index (Phi) is 7.92. The molecule has 0 radical (unpaired) electrons. The van der Waals surface area contributed by atoms with Crippen LogP contribution in [0.3, 0.4) is 0 Å². The highest BCUT2D eigenvalue weighted by atomic mass is 32.1. The van der Waals surface area contributed by atoms with Gasteiger partial charge in [-0.25, -0.2) is 14.2 Å². The summed E-state index contributed by atoms with van der Waals surface area (Å²) in [6.07, 6.45) is 3.85. The van der Waals surface area contributed by atoms with Gasteiger partial charge in [-0.05, 0) is 55.8 Å². The average molecular weight is 612 g/mol. The molecule has 10 heteroatoms. The fourth-order valence-corrected chi connectivity index (χ4v) is 6.62. The van der Waals surface area contributed by atoms with Crippen LogP contribution in [0.2, 0.25) is 0 Å². The fourth-order valence-electron chi connectivity index (χ4n) is 5.58. The molecule has 1 aliphatic rings. The number of hydrogen-bond acceptors (Lipinski definition) is 7. The van der Waals surface area contributed by atoms with Crippen molar-refractivity contribution in [2.45, 2.75) is 26.4 Å². The minimum Gasteiger partial charge on any atom is -0.497 e. The van der Waals surface area contributed by atoms with Gasteiger partial charge in [0.15, 0.2) is 4.80 Å². The number of aromatic nitrogens is 2. The van der Waals surface area contributed by atoms with Crippen molar-refractivity contribution in [3.05, 3.63) is 126 Å².